The molecule has 0 saturated heterocycles. The number of fused-ring (bicyclic) bond motifs is 1. The summed E-state index contributed by atoms with van der Waals surface area (Å²) in [7, 11) is 0. The van der Waals surface area contributed by atoms with Crippen LogP contribution >= 0.6 is 11.6 Å². The second-order valence-electron chi connectivity index (χ2n) is 6.25. The molecule has 0 atom stereocenters. The number of ketones is 1. The first-order chi connectivity index (χ1) is 13.1. The number of imidazole rings is 1. The van der Waals surface area contributed by atoms with Crippen LogP contribution in [0.5, 0.6) is 0 Å². The van der Waals surface area contributed by atoms with E-state index in [1.165, 1.54) is 0 Å². The molecule has 0 amide bonds. The fourth-order valence-electron chi connectivity index (χ4n) is 2.84. The van der Waals surface area contributed by atoms with Crippen LogP contribution in [0.25, 0.3) is 11.0 Å². The zero-order chi connectivity index (χ0) is 18.8. The second-order valence-corrected chi connectivity index (χ2v) is 6.68. The molecule has 0 aliphatic rings. The van der Waals surface area contributed by atoms with E-state index in [0.717, 1.165) is 16.6 Å². The first-order valence-electron chi connectivity index (χ1n) is 8.47. The molecule has 0 aliphatic heterocycles. The van der Waals surface area contributed by atoms with E-state index in [9.17, 15) is 4.79 Å². The number of halogens is 1. The van der Waals surface area contributed by atoms with Crippen LogP contribution in [0, 0.1) is 0 Å². The van der Waals surface area contributed by atoms with Crippen LogP contribution in [0.3, 0.4) is 0 Å². The van der Waals surface area contributed by atoms with Crippen LogP contribution in [0.2, 0.25) is 5.02 Å². The number of carbonyl (C=O) groups excluding carboxylic acids is 1. The Morgan fingerprint density at radius 2 is 1.67 bits per heavy atom. The first-order valence-corrected chi connectivity index (χ1v) is 8.84. The lowest BCUT2D eigenvalue weighted by Gasteiger charge is -2.05. The number of aromatic amines is 1. The van der Waals surface area contributed by atoms with Crippen molar-refractivity contribution >= 4 is 40.1 Å². The highest BCUT2D eigenvalue weighted by atomic mass is 35.5. The van der Waals surface area contributed by atoms with Gasteiger partial charge in [-0.1, -0.05) is 35.9 Å². The Bertz CT molecular complexity index is 1100. The van der Waals surface area contributed by atoms with Gasteiger partial charge in [0.25, 0.3) is 0 Å². The number of carbonyl (C=O) groups is 1. The fraction of sp³-hybridized carbons (Fsp3) is 0.0476. The van der Waals surface area contributed by atoms with Crippen molar-refractivity contribution in [2.45, 2.75) is 6.54 Å². The molecule has 5 nitrogen and oxygen atoms in total. The van der Waals surface area contributed by atoms with Crippen molar-refractivity contribution in [3.8, 4) is 0 Å². The van der Waals surface area contributed by atoms with Gasteiger partial charge in [-0.15, -0.1) is 0 Å². The Balaban J connectivity index is 1.44. The average Bonchev–Trinajstić information content (AvgIpc) is 3.09. The quantitative estimate of drug-likeness (QED) is 0.350. The van der Waals surface area contributed by atoms with E-state index < -0.39 is 0 Å². The molecule has 4 aromatic rings. The summed E-state index contributed by atoms with van der Waals surface area (Å²) in [6, 6.07) is 20.0. The summed E-state index contributed by atoms with van der Waals surface area (Å²) in [5, 5.41) is 3.86. The molecule has 0 saturated carbocycles. The molecular formula is C21H17ClN4O. The van der Waals surface area contributed by atoms with Gasteiger partial charge in [-0.25, -0.2) is 4.98 Å². The molecule has 0 fully saturated rings. The maximum atomic E-state index is 12.5. The minimum absolute atomic E-state index is 0.0268. The van der Waals surface area contributed by atoms with Crippen molar-refractivity contribution in [2.24, 2.45) is 0 Å². The number of anilines is 2. The summed E-state index contributed by atoms with van der Waals surface area (Å²) >= 11 is 5.87. The van der Waals surface area contributed by atoms with Crippen LogP contribution in [0.4, 0.5) is 11.6 Å². The number of aromatic nitrogens is 2. The highest BCUT2D eigenvalue weighted by Gasteiger charge is 2.09. The average molecular weight is 377 g/mol. The smallest absolute Gasteiger partial charge is 0.201 e. The molecule has 0 spiro atoms. The third-order valence-corrected chi connectivity index (χ3v) is 4.54. The monoisotopic (exact) mass is 376 g/mol. The maximum absolute atomic E-state index is 12.5. The lowest BCUT2D eigenvalue weighted by molar-refractivity contribution is 0.103. The molecule has 0 aliphatic carbocycles. The van der Waals surface area contributed by atoms with E-state index in [4.69, 9.17) is 17.3 Å². The number of H-pyrrole nitrogens is 1. The molecule has 4 rings (SSSR count). The summed E-state index contributed by atoms with van der Waals surface area (Å²) in [6.45, 7) is 0.588. The standard InChI is InChI=1S/C21H17ClN4O/c22-16-7-5-15(6-8-16)20(27)14-3-1-13(2-4-14)12-24-21-25-18-10-9-17(23)11-19(18)26-21/h1-11H,12,23H2,(H2,24,25,26). The zero-order valence-electron chi connectivity index (χ0n) is 14.4. The van der Waals surface area contributed by atoms with Crippen LogP contribution in [0.1, 0.15) is 21.5 Å². The Labute approximate surface area is 161 Å². The summed E-state index contributed by atoms with van der Waals surface area (Å²) in [4.78, 5) is 20.2. The van der Waals surface area contributed by atoms with Gasteiger partial charge in [0.15, 0.2) is 5.78 Å². The SMILES string of the molecule is Nc1ccc2nc(NCc3ccc(C(=O)c4ccc(Cl)cc4)cc3)[nH]c2c1. The zero-order valence-corrected chi connectivity index (χ0v) is 15.1. The van der Waals surface area contributed by atoms with E-state index >= 15 is 0 Å². The van der Waals surface area contributed by atoms with Crippen molar-refractivity contribution in [2.75, 3.05) is 11.1 Å². The number of nitrogens with zero attached hydrogens (tertiary/aromatic N) is 1. The summed E-state index contributed by atoms with van der Waals surface area (Å²) in [6.07, 6.45) is 0. The van der Waals surface area contributed by atoms with Gasteiger partial charge < -0.3 is 16.0 Å². The minimum Gasteiger partial charge on any atom is -0.399 e. The van der Waals surface area contributed by atoms with Gasteiger partial charge in [0.2, 0.25) is 5.95 Å². The molecule has 4 N–H and O–H groups in total. The lowest BCUT2D eigenvalue weighted by atomic mass is 10.0. The fourth-order valence-corrected chi connectivity index (χ4v) is 2.96. The van der Waals surface area contributed by atoms with Gasteiger partial charge in [0.1, 0.15) is 0 Å². The third kappa shape index (κ3) is 3.78. The summed E-state index contributed by atoms with van der Waals surface area (Å²) < 4.78 is 0. The highest BCUT2D eigenvalue weighted by Crippen LogP contribution is 2.18. The van der Waals surface area contributed by atoms with E-state index in [-0.39, 0.29) is 5.78 Å². The van der Waals surface area contributed by atoms with Gasteiger partial charge in [0.05, 0.1) is 11.0 Å². The largest absolute Gasteiger partial charge is 0.399 e. The molecule has 3 aromatic carbocycles. The van der Waals surface area contributed by atoms with Crippen molar-refractivity contribution in [1.82, 2.24) is 9.97 Å². The van der Waals surface area contributed by atoms with E-state index in [1.54, 1.807) is 24.3 Å². The number of benzene rings is 3. The highest BCUT2D eigenvalue weighted by molar-refractivity contribution is 6.30. The molecule has 6 heteroatoms. The predicted molar refractivity (Wildman–Crippen MR) is 109 cm³/mol. The van der Waals surface area contributed by atoms with E-state index in [1.807, 2.05) is 42.5 Å². The molecule has 27 heavy (non-hydrogen) atoms. The van der Waals surface area contributed by atoms with E-state index in [2.05, 4.69) is 15.3 Å². The summed E-state index contributed by atoms with van der Waals surface area (Å²) in [5.41, 5.74) is 10.5. The molecular weight excluding hydrogens is 360 g/mol. The third-order valence-electron chi connectivity index (χ3n) is 4.29. The molecule has 1 aromatic heterocycles. The first kappa shape index (κ1) is 17.1. The van der Waals surface area contributed by atoms with Crippen LogP contribution in [-0.2, 0) is 6.54 Å². The van der Waals surface area contributed by atoms with Crippen molar-refractivity contribution in [3.05, 3.63) is 88.4 Å². The lowest BCUT2D eigenvalue weighted by Crippen LogP contribution is -2.03. The van der Waals surface area contributed by atoms with Crippen LogP contribution in [-0.4, -0.2) is 15.8 Å². The van der Waals surface area contributed by atoms with Gasteiger partial charge in [-0.05, 0) is 48.0 Å². The van der Waals surface area contributed by atoms with Gasteiger partial charge >= 0.3 is 0 Å². The Morgan fingerprint density at radius 3 is 2.37 bits per heavy atom. The predicted octanol–water partition coefficient (Wildman–Crippen LogP) is 4.64. The number of nitrogens with one attached hydrogen (secondary N) is 2. The van der Waals surface area contributed by atoms with Crippen molar-refractivity contribution in [1.29, 1.82) is 0 Å². The van der Waals surface area contributed by atoms with Gasteiger partial charge in [-0.3, -0.25) is 4.79 Å². The number of nitrogen functional groups attached to an aromatic ring is 1. The number of hydrogen-bond donors (Lipinski definition) is 3. The maximum Gasteiger partial charge on any atom is 0.201 e. The normalized spacial score (nSPS) is 10.9. The number of rotatable bonds is 5. The molecule has 1 heterocycles. The summed E-state index contributed by atoms with van der Waals surface area (Å²) in [5.74, 6) is 0.651. The van der Waals surface area contributed by atoms with Crippen LogP contribution in [0.15, 0.2) is 66.7 Å². The van der Waals surface area contributed by atoms with Gasteiger partial charge in [0, 0.05) is 28.4 Å². The Hall–Kier alpha value is -3.31. The van der Waals surface area contributed by atoms with Gasteiger partial charge in [-0.2, -0.15) is 0 Å². The Morgan fingerprint density at radius 1 is 1.00 bits per heavy atom. The molecule has 134 valence electrons. The Kier molecular flexibility index (Phi) is 4.52. The topological polar surface area (TPSA) is 83.8 Å². The minimum atomic E-state index is -0.0268. The van der Waals surface area contributed by atoms with Crippen molar-refractivity contribution in [3.63, 3.8) is 0 Å². The van der Waals surface area contributed by atoms with Crippen LogP contribution < -0.4 is 11.1 Å². The second kappa shape index (κ2) is 7.13. The molecule has 0 radical (unpaired) electrons. The molecule has 0 unspecified atom stereocenters. The van der Waals surface area contributed by atoms with Crippen molar-refractivity contribution < 1.29 is 4.79 Å². The number of hydrogen-bond acceptors (Lipinski definition) is 4. The molecule has 0 bridgehead atoms. The van der Waals surface area contributed by atoms with E-state index in [0.29, 0.717) is 34.3 Å². The number of nitrogens with two attached hydrogens (primary N) is 1.